The van der Waals surface area contributed by atoms with E-state index in [-0.39, 0.29) is 12.3 Å². The minimum absolute atomic E-state index is 0.0615. The van der Waals surface area contributed by atoms with Crippen LogP contribution in [-0.4, -0.2) is 61.6 Å². The second-order valence-corrected chi connectivity index (χ2v) is 13.5. The zero-order valence-corrected chi connectivity index (χ0v) is 28.8. The first kappa shape index (κ1) is 33.7. The average Bonchev–Trinajstić information content (AvgIpc) is 3.87. The van der Waals surface area contributed by atoms with E-state index in [2.05, 4.69) is 28.9 Å². The number of nitrogens with zero attached hydrogens (tertiary/aromatic N) is 5. The second kappa shape index (κ2) is 13.9. The van der Waals surface area contributed by atoms with E-state index in [9.17, 15) is 18.7 Å². The molecule has 0 amide bonds. The van der Waals surface area contributed by atoms with Gasteiger partial charge in [-0.3, -0.25) is 19.6 Å². The molecule has 1 N–H and O–H groups in total. The molecule has 0 bridgehead atoms. The maximum Gasteiger partial charge on any atom is 0.387 e. The van der Waals surface area contributed by atoms with Gasteiger partial charge in [-0.15, -0.1) is 0 Å². The van der Waals surface area contributed by atoms with Crippen molar-refractivity contribution in [2.75, 3.05) is 13.1 Å². The molecule has 266 valence electrons. The highest BCUT2D eigenvalue weighted by molar-refractivity contribution is 5.84. The summed E-state index contributed by atoms with van der Waals surface area (Å²) >= 11 is 0. The van der Waals surface area contributed by atoms with E-state index in [4.69, 9.17) is 23.5 Å². The summed E-state index contributed by atoms with van der Waals surface area (Å²) in [6, 6.07) is 18.4. The standard InChI is InChI=1S/C40H37F2N5O5/c1-23-27(28-9-4-11-30(24(28)2)38-45-32-22-46(16-13-34(32)50-38)20-25-7-5-14-43-19-25)8-3-10-29(23)37-44-31-17-26(21-47-15-6-12-33(47)39(48)49)35(52-40(41)42)18-36(31)51-37/h3-5,7-11,14,17-19,33,40H,6,12-13,15-16,20-22H2,1-2H3,(H,48,49). The van der Waals surface area contributed by atoms with Crippen molar-refractivity contribution in [3.63, 3.8) is 0 Å². The predicted molar refractivity (Wildman–Crippen MR) is 190 cm³/mol. The Balaban J connectivity index is 1.09. The Hall–Kier alpha value is -5.46. The molecule has 2 aliphatic heterocycles. The van der Waals surface area contributed by atoms with E-state index in [1.807, 2.05) is 49.5 Å². The number of benzene rings is 3. The molecule has 1 atom stereocenters. The van der Waals surface area contributed by atoms with Crippen LogP contribution in [0.4, 0.5) is 8.78 Å². The van der Waals surface area contributed by atoms with Gasteiger partial charge < -0.3 is 18.7 Å². The molecule has 0 saturated carbocycles. The molecule has 5 heterocycles. The first-order valence-electron chi connectivity index (χ1n) is 17.4. The number of carboxylic acids is 1. The largest absolute Gasteiger partial charge is 0.480 e. The summed E-state index contributed by atoms with van der Waals surface area (Å²) in [6.45, 7) is 4.08. The van der Waals surface area contributed by atoms with Crippen LogP contribution in [0.15, 0.2) is 81.9 Å². The van der Waals surface area contributed by atoms with Crippen molar-refractivity contribution in [3.8, 4) is 39.8 Å². The number of fused-ring (bicyclic) bond motifs is 2. The zero-order valence-electron chi connectivity index (χ0n) is 28.8. The number of carbonyl (C=O) groups is 1. The molecule has 12 heteroatoms. The Morgan fingerprint density at radius 3 is 2.37 bits per heavy atom. The monoisotopic (exact) mass is 705 g/mol. The fourth-order valence-electron chi connectivity index (χ4n) is 7.53. The summed E-state index contributed by atoms with van der Waals surface area (Å²) in [5, 5.41) is 9.65. The summed E-state index contributed by atoms with van der Waals surface area (Å²) in [5.41, 5.74) is 8.91. The minimum Gasteiger partial charge on any atom is -0.480 e. The smallest absolute Gasteiger partial charge is 0.387 e. The molecule has 3 aromatic heterocycles. The van der Waals surface area contributed by atoms with Gasteiger partial charge in [-0.25, -0.2) is 9.97 Å². The molecule has 8 rings (SSSR count). The molecule has 3 aromatic carbocycles. The lowest BCUT2D eigenvalue weighted by atomic mass is 9.91. The van der Waals surface area contributed by atoms with Gasteiger partial charge in [0.1, 0.15) is 23.1 Å². The number of alkyl halides is 2. The summed E-state index contributed by atoms with van der Waals surface area (Å²) in [7, 11) is 0. The third kappa shape index (κ3) is 6.55. The van der Waals surface area contributed by atoms with E-state index in [1.54, 1.807) is 17.2 Å². The van der Waals surface area contributed by atoms with Crippen LogP contribution < -0.4 is 4.74 Å². The van der Waals surface area contributed by atoms with Gasteiger partial charge in [-0.2, -0.15) is 8.78 Å². The molecule has 10 nitrogen and oxygen atoms in total. The number of hydrogen-bond acceptors (Lipinski definition) is 9. The maximum atomic E-state index is 13.5. The van der Waals surface area contributed by atoms with Gasteiger partial charge in [0.15, 0.2) is 5.58 Å². The Labute approximate surface area is 298 Å². The van der Waals surface area contributed by atoms with Crippen LogP contribution in [0.1, 0.15) is 46.5 Å². The number of ether oxygens (including phenoxy) is 1. The highest BCUT2D eigenvalue weighted by Gasteiger charge is 2.32. The quantitative estimate of drug-likeness (QED) is 0.150. The second-order valence-electron chi connectivity index (χ2n) is 13.5. The highest BCUT2D eigenvalue weighted by Crippen LogP contribution is 2.39. The van der Waals surface area contributed by atoms with Gasteiger partial charge >= 0.3 is 12.6 Å². The highest BCUT2D eigenvalue weighted by atomic mass is 19.3. The lowest BCUT2D eigenvalue weighted by Crippen LogP contribution is -2.35. The number of aromatic nitrogens is 3. The van der Waals surface area contributed by atoms with Crippen molar-refractivity contribution in [3.05, 3.63) is 107 Å². The fourth-order valence-corrected chi connectivity index (χ4v) is 7.53. The van der Waals surface area contributed by atoms with Crippen LogP contribution >= 0.6 is 0 Å². The molecule has 0 radical (unpaired) electrons. The van der Waals surface area contributed by atoms with Crippen LogP contribution in [0.5, 0.6) is 5.75 Å². The number of oxazole rings is 2. The Morgan fingerprint density at radius 2 is 1.67 bits per heavy atom. The first-order chi connectivity index (χ1) is 25.2. The maximum absolute atomic E-state index is 13.5. The normalized spacial score (nSPS) is 16.5. The predicted octanol–water partition coefficient (Wildman–Crippen LogP) is 8.04. The van der Waals surface area contributed by atoms with E-state index < -0.39 is 18.6 Å². The van der Waals surface area contributed by atoms with Gasteiger partial charge in [0.05, 0.1) is 5.69 Å². The van der Waals surface area contributed by atoms with Gasteiger partial charge in [0, 0.05) is 67.8 Å². The van der Waals surface area contributed by atoms with E-state index >= 15 is 0 Å². The van der Waals surface area contributed by atoms with Crippen LogP contribution in [0.2, 0.25) is 0 Å². The Morgan fingerprint density at radius 1 is 0.942 bits per heavy atom. The van der Waals surface area contributed by atoms with Crippen molar-refractivity contribution in [1.29, 1.82) is 0 Å². The molecular formula is C40H37F2N5O5. The van der Waals surface area contributed by atoms with E-state index in [1.165, 1.54) is 6.07 Å². The molecular weight excluding hydrogens is 668 g/mol. The van der Waals surface area contributed by atoms with Crippen molar-refractivity contribution < 1.29 is 32.3 Å². The Bertz CT molecular complexity index is 2270. The van der Waals surface area contributed by atoms with Crippen molar-refractivity contribution in [2.24, 2.45) is 0 Å². The number of hydrogen-bond donors (Lipinski definition) is 1. The molecule has 1 unspecified atom stereocenters. The number of halogens is 2. The molecule has 1 fully saturated rings. The van der Waals surface area contributed by atoms with Crippen molar-refractivity contribution in [2.45, 2.75) is 65.4 Å². The summed E-state index contributed by atoms with van der Waals surface area (Å²) < 4.78 is 44.4. The zero-order chi connectivity index (χ0) is 35.9. The van der Waals surface area contributed by atoms with Crippen LogP contribution in [-0.2, 0) is 30.8 Å². The molecule has 2 aliphatic rings. The van der Waals surface area contributed by atoms with Crippen LogP contribution in [0.3, 0.4) is 0 Å². The van der Waals surface area contributed by atoms with Gasteiger partial charge in [-0.05, 0) is 85.3 Å². The van der Waals surface area contributed by atoms with E-state index in [0.717, 1.165) is 69.9 Å². The summed E-state index contributed by atoms with van der Waals surface area (Å²) in [6.07, 6.45) is 5.67. The number of carboxylic acid groups (broad SMARTS) is 1. The third-order valence-electron chi connectivity index (χ3n) is 10.2. The van der Waals surface area contributed by atoms with Gasteiger partial charge in [0.2, 0.25) is 11.8 Å². The number of aliphatic carboxylic acids is 1. The molecule has 6 aromatic rings. The number of likely N-dealkylation sites (tertiary alicyclic amines) is 1. The minimum atomic E-state index is -3.06. The fraction of sp³-hybridized carbons (Fsp3) is 0.300. The third-order valence-corrected chi connectivity index (χ3v) is 10.2. The van der Waals surface area contributed by atoms with Crippen LogP contribution in [0.25, 0.3) is 45.1 Å². The lowest BCUT2D eigenvalue weighted by molar-refractivity contribution is -0.142. The summed E-state index contributed by atoms with van der Waals surface area (Å²) in [5.74, 6) is 0.862. The Kier molecular flexibility index (Phi) is 9.02. The molecule has 0 aliphatic carbocycles. The van der Waals surface area contributed by atoms with Crippen molar-refractivity contribution >= 4 is 17.1 Å². The lowest BCUT2D eigenvalue weighted by Gasteiger charge is -2.24. The topological polar surface area (TPSA) is 118 Å². The SMILES string of the molecule is Cc1c(-c2nc3c(o2)CCN(Cc2cccnc2)C3)cccc1-c1cccc(-c2nc3cc(CN4CCCC4C(=O)O)c(OC(F)F)cc3o2)c1C. The molecule has 52 heavy (non-hydrogen) atoms. The van der Waals surface area contributed by atoms with Crippen molar-refractivity contribution in [1.82, 2.24) is 24.8 Å². The van der Waals surface area contributed by atoms with Gasteiger partial charge in [0.25, 0.3) is 0 Å². The average molecular weight is 706 g/mol. The number of rotatable bonds is 10. The first-order valence-corrected chi connectivity index (χ1v) is 17.4. The molecule has 1 saturated heterocycles. The number of pyridine rings is 1. The van der Waals surface area contributed by atoms with E-state index in [0.29, 0.717) is 54.4 Å². The van der Waals surface area contributed by atoms with Gasteiger partial charge in [-0.1, -0.05) is 30.3 Å². The summed E-state index contributed by atoms with van der Waals surface area (Å²) in [4.78, 5) is 29.9. The molecule has 0 spiro atoms. The van der Waals surface area contributed by atoms with Crippen LogP contribution in [0, 0.1) is 13.8 Å².